The topological polar surface area (TPSA) is 108 Å². The van der Waals surface area contributed by atoms with Crippen molar-refractivity contribution in [2.45, 2.75) is 97.4 Å². The number of nitrogens with zero attached hydrogens (tertiary/aromatic N) is 1. The molecule has 3 N–H and O–H groups in total. The van der Waals surface area contributed by atoms with E-state index in [1.807, 2.05) is 60.7 Å². The molecule has 2 unspecified atom stereocenters. The standard InChI is InChI=1S/C37H49N3O5/c1-6-7-8-9-16-23-40(35(43)31(25-28-17-12-10-13-18-28)39-36(44)45-37(3,4)5)33(30-21-22-32(41)27(2)24-30)34(42)38-26-29-19-14-11-15-20-29/h10-15,17-22,24,31,33,41H,6-9,16,23,25-26H2,1-5H3,(H,38,42)(H,39,44). The molecule has 45 heavy (non-hydrogen) atoms. The summed E-state index contributed by atoms with van der Waals surface area (Å²) in [5.74, 6) is -0.624. The number of hydrogen-bond acceptors (Lipinski definition) is 5. The fourth-order valence-corrected chi connectivity index (χ4v) is 5.16. The maximum atomic E-state index is 14.6. The van der Waals surface area contributed by atoms with Gasteiger partial charge in [0.2, 0.25) is 11.8 Å². The lowest BCUT2D eigenvalue weighted by atomic mass is 9.98. The third-order valence-corrected chi connectivity index (χ3v) is 7.46. The average molecular weight is 616 g/mol. The molecular formula is C37H49N3O5. The summed E-state index contributed by atoms with van der Waals surface area (Å²) in [5.41, 5.74) is 2.20. The first-order valence-corrected chi connectivity index (χ1v) is 15.9. The Morgan fingerprint density at radius 3 is 2.09 bits per heavy atom. The third-order valence-electron chi connectivity index (χ3n) is 7.46. The second-order valence-electron chi connectivity index (χ2n) is 12.5. The lowest BCUT2D eigenvalue weighted by molar-refractivity contribution is -0.142. The van der Waals surface area contributed by atoms with Gasteiger partial charge in [0.05, 0.1) is 0 Å². The first-order valence-electron chi connectivity index (χ1n) is 15.9. The molecule has 0 aliphatic carbocycles. The molecule has 0 aromatic heterocycles. The van der Waals surface area contributed by atoms with Gasteiger partial charge in [-0.1, -0.05) is 99.3 Å². The number of aryl methyl sites for hydroxylation is 1. The molecule has 2 atom stereocenters. The van der Waals surface area contributed by atoms with Crippen LogP contribution in [0.2, 0.25) is 0 Å². The van der Waals surface area contributed by atoms with Gasteiger partial charge >= 0.3 is 6.09 Å². The summed E-state index contributed by atoms with van der Waals surface area (Å²) in [6.07, 6.45) is 4.29. The maximum Gasteiger partial charge on any atom is 0.408 e. The molecule has 0 fully saturated rings. The van der Waals surface area contributed by atoms with Crippen LogP contribution in [-0.2, 0) is 27.3 Å². The minimum absolute atomic E-state index is 0.105. The summed E-state index contributed by atoms with van der Waals surface area (Å²) >= 11 is 0. The molecule has 3 rings (SSSR count). The summed E-state index contributed by atoms with van der Waals surface area (Å²) in [7, 11) is 0. The van der Waals surface area contributed by atoms with Gasteiger partial charge in [-0.15, -0.1) is 0 Å². The van der Waals surface area contributed by atoms with Crippen molar-refractivity contribution < 1.29 is 24.2 Å². The molecule has 0 radical (unpaired) electrons. The van der Waals surface area contributed by atoms with Crippen LogP contribution in [0.5, 0.6) is 5.75 Å². The van der Waals surface area contributed by atoms with Crippen molar-refractivity contribution >= 4 is 17.9 Å². The van der Waals surface area contributed by atoms with Crippen molar-refractivity contribution in [2.24, 2.45) is 0 Å². The molecular weight excluding hydrogens is 566 g/mol. The Kier molecular flexibility index (Phi) is 13.5. The van der Waals surface area contributed by atoms with Crippen molar-refractivity contribution in [3.05, 3.63) is 101 Å². The number of nitrogens with one attached hydrogen (secondary N) is 2. The molecule has 3 aromatic rings. The van der Waals surface area contributed by atoms with E-state index in [1.165, 1.54) is 0 Å². The highest BCUT2D eigenvalue weighted by Crippen LogP contribution is 2.28. The van der Waals surface area contributed by atoms with Gasteiger partial charge in [0, 0.05) is 19.5 Å². The molecule has 8 nitrogen and oxygen atoms in total. The van der Waals surface area contributed by atoms with Crippen molar-refractivity contribution in [3.8, 4) is 5.75 Å². The molecule has 0 saturated heterocycles. The average Bonchev–Trinajstić information content (AvgIpc) is 3.00. The zero-order valence-corrected chi connectivity index (χ0v) is 27.3. The highest BCUT2D eigenvalue weighted by Gasteiger charge is 2.36. The monoisotopic (exact) mass is 615 g/mol. The number of hydrogen-bond donors (Lipinski definition) is 3. The summed E-state index contributed by atoms with van der Waals surface area (Å²) < 4.78 is 5.54. The van der Waals surface area contributed by atoms with E-state index in [4.69, 9.17) is 4.74 Å². The number of rotatable bonds is 15. The van der Waals surface area contributed by atoms with Crippen LogP contribution in [0.15, 0.2) is 78.9 Å². The van der Waals surface area contributed by atoms with Gasteiger partial charge in [0.25, 0.3) is 0 Å². The Labute approximate surface area is 268 Å². The second kappa shape index (κ2) is 17.2. The summed E-state index contributed by atoms with van der Waals surface area (Å²) in [4.78, 5) is 43.4. The van der Waals surface area contributed by atoms with Crippen LogP contribution in [0.25, 0.3) is 0 Å². The van der Waals surface area contributed by atoms with Crippen LogP contribution in [0, 0.1) is 6.92 Å². The van der Waals surface area contributed by atoms with Crippen molar-refractivity contribution in [2.75, 3.05) is 6.54 Å². The largest absolute Gasteiger partial charge is 0.508 e. The van der Waals surface area contributed by atoms with Crippen LogP contribution in [-0.4, -0.2) is 46.1 Å². The Morgan fingerprint density at radius 1 is 0.867 bits per heavy atom. The summed E-state index contributed by atoms with van der Waals surface area (Å²) in [6, 6.07) is 22.0. The van der Waals surface area contributed by atoms with Gasteiger partial charge in [-0.25, -0.2) is 4.79 Å². The van der Waals surface area contributed by atoms with Crippen molar-refractivity contribution in [1.29, 1.82) is 0 Å². The molecule has 0 spiro atoms. The van der Waals surface area contributed by atoms with Gasteiger partial charge in [-0.2, -0.15) is 0 Å². The number of ether oxygens (including phenoxy) is 1. The van der Waals surface area contributed by atoms with E-state index in [9.17, 15) is 19.5 Å². The normalized spacial score (nSPS) is 12.6. The van der Waals surface area contributed by atoms with E-state index in [0.29, 0.717) is 24.1 Å². The number of aromatic hydroxyl groups is 1. The van der Waals surface area contributed by atoms with E-state index >= 15 is 0 Å². The number of carbonyl (C=O) groups excluding carboxylic acids is 3. The highest BCUT2D eigenvalue weighted by atomic mass is 16.6. The van der Waals surface area contributed by atoms with Gasteiger partial charge in [-0.05, 0) is 68.5 Å². The number of carbonyl (C=O) groups is 3. The number of unbranched alkanes of at least 4 members (excludes halogenated alkanes) is 4. The van der Waals surface area contributed by atoms with Gasteiger partial charge < -0.3 is 25.4 Å². The van der Waals surface area contributed by atoms with Gasteiger partial charge in [0.15, 0.2) is 0 Å². The molecule has 0 saturated carbocycles. The molecule has 3 amide bonds. The first-order chi connectivity index (χ1) is 21.5. The molecule has 0 aliphatic rings. The number of alkyl carbamates (subject to hydrolysis) is 1. The van der Waals surface area contributed by atoms with Crippen LogP contribution < -0.4 is 10.6 Å². The maximum absolute atomic E-state index is 14.6. The van der Waals surface area contributed by atoms with Crippen molar-refractivity contribution in [3.63, 3.8) is 0 Å². The van der Waals surface area contributed by atoms with E-state index < -0.39 is 23.8 Å². The van der Waals surface area contributed by atoms with Gasteiger partial charge in [0.1, 0.15) is 23.4 Å². The number of phenolic OH excluding ortho intramolecular Hbond substituents is 1. The highest BCUT2D eigenvalue weighted by molar-refractivity contribution is 5.92. The van der Waals surface area contributed by atoms with E-state index in [0.717, 1.165) is 36.8 Å². The number of amides is 3. The summed E-state index contributed by atoms with van der Waals surface area (Å²) in [5, 5.41) is 16.1. The Bertz CT molecular complexity index is 1370. The molecule has 8 heteroatoms. The molecule has 3 aromatic carbocycles. The second-order valence-corrected chi connectivity index (χ2v) is 12.5. The zero-order chi connectivity index (χ0) is 32.8. The number of benzene rings is 3. The minimum atomic E-state index is -0.995. The minimum Gasteiger partial charge on any atom is -0.508 e. The Hall–Kier alpha value is -4.33. The Morgan fingerprint density at radius 2 is 1.49 bits per heavy atom. The fraction of sp³-hybridized carbons (Fsp3) is 0.432. The van der Waals surface area contributed by atoms with E-state index in [2.05, 4.69) is 17.6 Å². The molecule has 0 heterocycles. The van der Waals surface area contributed by atoms with Crippen molar-refractivity contribution in [1.82, 2.24) is 15.5 Å². The van der Waals surface area contributed by atoms with E-state index in [-0.39, 0.29) is 30.5 Å². The lowest BCUT2D eigenvalue weighted by Crippen LogP contribution is -2.54. The quantitative estimate of drug-likeness (QED) is 0.160. The molecule has 242 valence electrons. The summed E-state index contributed by atoms with van der Waals surface area (Å²) in [6.45, 7) is 9.81. The predicted molar refractivity (Wildman–Crippen MR) is 178 cm³/mol. The Balaban J connectivity index is 2.03. The zero-order valence-electron chi connectivity index (χ0n) is 27.3. The van der Waals surface area contributed by atoms with Crippen LogP contribution in [0.3, 0.4) is 0 Å². The first kappa shape index (κ1) is 35.2. The third kappa shape index (κ3) is 11.6. The number of phenols is 1. The van der Waals surface area contributed by atoms with E-state index in [1.54, 1.807) is 50.8 Å². The smallest absolute Gasteiger partial charge is 0.408 e. The van der Waals surface area contributed by atoms with Crippen LogP contribution >= 0.6 is 0 Å². The van der Waals surface area contributed by atoms with Crippen LogP contribution in [0.1, 0.15) is 88.1 Å². The lowest BCUT2D eigenvalue weighted by Gasteiger charge is -2.35. The fourth-order valence-electron chi connectivity index (χ4n) is 5.16. The van der Waals surface area contributed by atoms with Crippen LogP contribution in [0.4, 0.5) is 4.79 Å². The van der Waals surface area contributed by atoms with Gasteiger partial charge in [-0.3, -0.25) is 9.59 Å². The SMILES string of the molecule is CCCCCCCN(C(=O)C(Cc1ccccc1)NC(=O)OC(C)(C)C)C(C(=O)NCc1ccccc1)c1ccc(O)c(C)c1. The molecule has 0 bridgehead atoms. The molecule has 0 aliphatic heterocycles. The predicted octanol–water partition coefficient (Wildman–Crippen LogP) is 6.99.